The molecule has 10 heavy (non-hydrogen) atoms. The van der Waals surface area contributed by atoms with Gasteiger partial charge in [-0.2, -0.15) is 0 Å². The van der Waals surface area contributed by atoms with Gasteiger partial charge in [0.2, 0.25) is 0 Å². The maximum absolute atomic E-state index is 2.40. The van der Waals surface area contributed by atoms with Crippen LogP contribution in [-0.2, 0) is 24.4 Å². The van der Waals surface area contributed by atoms with E-state index in [1.807, 2.05) is 0 Å². The predicted octanol–water partition coefficient (Wildman–Crippen LogP) is 2.76. The van der Waals surface area contributed by atoms with Crippen LogP contribution in [0, 0.1) is 0 Å². The number of rotatable bonds is 0. The third-order valence-corrected chi connectivity index (χ3v) is 4.36. The second-order valence-corrected chi connectivity index (χ2v) is 5.33. The Morgan fingerprint density at radius 1 is 1.30 bits per heavy atom. The molecule has 0 aromatic rings. The molecule has 0 heterocycles. The van der Waals surface area contributed by atoms with E-state index >= 15 is 0 Å². The molecule has 0 spiro atoms. The molecule has 2 aliphatic rings. The second kappa shape index (κ2) is 2.77. The van der Waals surface area contributed by atoms with Crippen LogP contribution in [0.25, 0.3) is 0 Å². The summed E-state index contributed by atoms with van der Waals surface area (Å²) in [5, 5.41) is 0. The van der Waals surface area contributed by atoms with E-state index in [1.165, 1.54) is 50.1 Å². The first-order chi connectivity index (χ1) is 4.88. The Bertz CT molecular complexity index is 201. The summed E-state index contributed by atoms with van der Waals surface area (Å²) < 4.78 is 0.898. The Morgan fingerprint density at radius 2 is 2.10 bits per heavy atom. The molecule has 0 amide bonds. The van der Waals surface area contributed by atoms with Crippen LogP contribution in [0.15, 0.2) is 23.3 Å². The van der Waals surface area contributed by atoms with Gasteiger partial charge >= 0.3 is 77.0 Å². The first-order valence-corrected chi connectivity index (χ1v) is 6.06. The molecule has 0 aliphatic heterocycles. The van der Waals surface area contributed by atoms with Crippen LogP contribution < -0.4 is 0 Å². The Kier molecular flexibility index (Phi) is 1.94. The van der Waals surface area contributed by atoms with Crippen LogP contribution in [0.2, 0.25) is 3.67 Å². The first-order valence-electron chi connectivity index (χ1n) is 3.99. The number of hydrogen-bond acceptors (Lipinski definition) is 0. The van der Waals surface area contributed by atoms with Gasteiger partial charge in [0.25, 0.3) is 0 Å². The number of allylic oxidation sites excluding steroid dienone is 4. The molecule has 0 radical (unpaired) electrons. The van der Waals surface area contributed by atoms with Crippen LogP contribution in [0.4, 0.5) is 0 Å². The van der Waals surface area contributed by atoms with Gasteiger partial charge in [-0.05, 0) is 0 Å². The van der Waals surface area contributed by atoms with Crippen molar-refractivity contribution in [3.63, 3.8) is 0 Å². The van der Waals surface area contributed by atoms with Crippen molar-refractivity contribution in [1.82, 2.24) is 0 Å². The van der Waals surface area contributed by atoms with Crippen molar-refractivity contribution in [2.45, 2.75) is 29.4 Å². The molecule has 2 aliphatic carbocycles. The summed E-state index contributed by atoms with van der Waals surface area (Å²) in [6.07, 6.45) is 10.4. The summed E-state index contributed by atoms with van der Waals surface area (Å²) in [6.45, 7) is 0. The van der Waals surface area contributed by atoms with E-state index < -0.39 is 0 Å². The van der Waals surface area contributed by atoms with Gasteiger partial charge in [0.05, 0.1) is 0 Å². The summed E-state index contributed by atoms with van der Waals surface area (Å²) in [6, 6.07) is 0. The summed E-state index contributed by atoms with van der Waals surface area (Å²) in [5.41, 5.74) is 3.48. The van der Waals surface area contributed by atoms with Crippen molar-refractivity contribution in [1.29, 1.82) is 0 Å². The number of hydrogen-bond donors (Lipinski definition) is 0. The molecule has 1 atom stereocenters. The van der Waals surface area contributed by atoms with Gasteiger partial charge in [0.15, 0.2) is 0 Å². The zero-order valence-corrected chi connectivity index (χ0v) is 9.65. The maximum atomic E-state index is 2.40. The Balaban J connectivity index is 2.27. The molecule has 0 saturated heterocycles. The van der Waals surface area contributed by atoms with Crippen LogP contribution in [0.5, 0.6) is 0 Å². The molecule has 0 N–H and O–H groups in total. The van der Waals surface area contributed by atoms with E-state index in [2.05, 4.69) is 12.2 Å². The van der Waals surface area contributed by atoms with Gasteiger partial charge in [-0.15, -0.1) is 0 Å². The Labute approximate surface area is 77.0 Å². The van der Waals surface area contributed by atoms with Crippen LogP contribution >= 0.6 is 0 Å². The third-order valence-electron chi connectivity index (χ3n) is 2.42. The van der Waals surface area contributed by atoms with E-state index in [1.54, 1.807) is 11.1 Å². The van der Waals surface area contributed by atoms with Gasteiger partial charge in [-0.25, -0.2) is 0 Å². The van der Waals surface area contributed by atoms with E-state index in [0.717, 1.165) is 3.67 Å². The fraction of sp³-hybridized carbons (Fsp3) is 0.556. The van der Waals surface area contributed by atoms with Gasteiger partial charge in [-0.3, -0.25) is 0 Å². The zero-order valence-electron chi connectivity index (χ0n) is 6.06. The van der Waals surface area contributed by atoms with E-state index in [4.69, 9.17) is 0 Å². The van der Waals surface area contributed by atoms with Gasteiger partial charge in [0.1, 0.15) is 0 Å². The molecule has 1 heteroatoms. The second-order valence-electron chi connectivity index (χ2n) is 3.09. The van der Waals surface area contributed by atoms with Crippen molar-refractivity contribution >= 4 is 0 Å². The van der Waals surface area contributed by atoms with Gasteiger partial charge in [-0.1, -0.05) is 0 Å². The molecule has 2 rings (SSSR count). The molecule has 51 valence electrons. The fourth-order valence-corrected chi connectivity index (χ4v) is 3.36. The standard InChI is InChI=1S/C9H11.Hf/c1-2-5-9-7-3-6-8(9)4-1;/h3,6-7H,1-2,4-5H2;. The molecule has 0 aromatic carbocycles. The van der Waals surface area contributed by atoms with E-state index in [9.17, 15) is 0 Å². The van der Waals surface area contributed by atoms with Crippen molar-refractivity contribution in [3.05, 3.63) is 23.3 Å². The summed E-state index contributed by atoms with van der Waals surface area (Å²) in [5.74, 6) is 0. The summed E-state index contributed by atoms with van der Waals surface area (Å²) in [7, 11) is 0. The molecule has 0 nitrogen and oxygen atoms in total. The molecule has 0 aromatic heterocycles. The molecular formula is C9H11Hf. The molecule has 0 saturated carbocycles. The van der Waals surface area contributed by atoms with Crippen LogP contribution in [0.1, 0.15) is 25.7 Å². The minimum absolute atomic E-state index is 0.898. The zero-order chi connectivity index (χ0) is 6.97. The van der Waals surface area contributed by atoms with E-state index in [-0.39, 0.29) is 0 Å². The van der Waals surface area contributed by atoms with Crippen LogP contribution in [-0.4, -0.2) is 0 Å². The molecule has 0 fully saturated rings. The fourth-order valence-electron chi connectivity index (χ4n) is 1.83. The SMILES string of the molecule is [Hf][CH]1C=CC2=C1CCCC2. The average molecular weight is 298 g/mol. The average Bonchev–Trinajstić information content (AvgIpc) is 2.34. The van der Waals surface area contributed by atoms with Crippen molar-refractivity contribution < 1.29 is 24.4 Å². The normalized spacial score (nSPS) is 30.9. The van der Waals surface area contributed by atoms with Crippen molar-refractivity contribution in [2.24, 2.45) is 0 Å². The van der Waals surface area contributed by atoms with E-state index in [0.29, 0.717) is 0 Å². The first kappa shape index (κ1) is 7.02. The minimum atomic E-state index is 0.898. The Morgan fingerprint density at radius 3 is 2.90 bits per heavy atom. The topological polar surface area (TPSA) is 0 Å². The van der Waals surface area contributed by atoms with Crippen molar-refractivity contribution in [2.75, 3.05) is 0 Å². The summed E-state index contributed by atoms with van der Waals surface area (Å²) >= 11 is 1.33. The quantitative estimate of drug-likeness (QED) is 0.603. The third kappa shape index (κ3) is 1.09. The molecular weight excluding hydrogens is 287 g/mol. The summed E-state index contributed by atoms with van der Waals surface area (Å²) in [4.78, 5) is 0. The molecule has 0 bridgehead atoms. The monoisotopic (exact) mass is 299 g/mol. The van der Waals surface area contributed by atoms with Gasteiger partial charge in [0, 0.05) is 0 Å². The van der Waals surface area contributed by atoms with Crippen LogP contribution in [0.3, 0.4) is 0 Å². The van der Waals surface area contributed by atoms with Gasteiger partial charge < -0.3 is 0 Å². The van der Waals surface area contributed by atoms with Crippen molar-refractivity contribution in [3.8, 4) is 0 Å². The predicted molar refractivity (Wildman–Crippen MR) is 38.4 cm³/mol. The Hall–Kier alpha value is 0.350. The molecule has 1 unspecified atom stereocenters.